The van der Waals surface area contributed by atoms with E-state index in [2.05, 4.69) is 25.4 Å². The van der Waals surface area contributed by atoms with Gasteiger partial charge >= 0.3 is 5.97 Å². The lowest BCUT2D eigenvalue weighted by Crippen LogP contribution is -2.10. The normalized spacial score (nSPS) is 11.0. The SMILES string of the molecule is Cc1ccc(Nc2nc(N)nc(COC(=O)/C=C/c3c(C)nn(C)c3C)n2)cc1. The van der Waals surface area contributed by atoms with Gasteiger partial charge in [-0.2, -0.15) is 20.1 Å². The van der Waals surface area contributed by atoms with Crippen molar-refractivity contribution in [3.8, 4) is 0 Å². The maximum Gasteiger partial charge on any atom is 0.331 e. The van der Waals surface area contributed by atoms with Gasteiger partial charge in [0.1, 0.15) is 0 Å². The van der Waals surface area contributed by atoms with Crippen LogP contribution in [-0.2, 0) is 23.2 Å². The Bertz CT molecular complexity index is 1060. The van der Waals surface area contributed by atoms with Gasteiger partial charge in [-0.15, -0.1) is 0 Å². The van der Waals surface area contributed by atoms with Crippen molar-refractivity contribution >= 4 is 29.6 Å². The van der Waals surface area contributed by atoms with Crippen LogP contribution >= 0.6 is 0 Å². The minimum absolute atomic E-state index is 0.0396. The molecule has 0 bridgehead atoms. The Kier molecular flexibility index (Phi) is 5.87. The van der Waals surface area contributed by atoms with E-state index in [1.165, 1.54) is 6.08 Å². The third-order valence-corrected chi connectivity index (χ3v) is 4.30. The number of aryl methyl sites for hydroxylation is 3. The average molecular weight is 393 g/mol. The highest BCUT2D eigenvalue weighted by atomic mass is 16.5. The molecule has 2 heterocycles. The number of carbonyl (C=O) groups excluding carboxylic acids is 1. The van der Waals surface area contributed by atoms with Crippen molar-refractivity contribution in [1.82, 2.24) is 24.7 Å². The van der Waals surface area contributed by atoms with E-state index in [1.807, 2.05) is 52.1 Å². The third kappa shape index (κ3) is 5.16. The number of aromatic nitrogens is 5. The zero-order chi connectivity index (χ0) is 21.0. The predicted molar refractivity (Wildman–Crippen MR) is 110 cm³/mol. The number of nitrogens with one attached hydrogen (secondary N) is 1. The molecule has 29 heavy (non-hydrogen) atoms. The molecule has 3 N–H and O–H groups in total. The van der Waals surface area contributed by atoms with Gasteiger partial charge < -0.3 is 15.8 Å². The number of rotatable bonds is 6. The van der Waals surface area contributed by atoms with Gasteiger partial charge in [0.25, 0.3) is 0 Å². The molecule has 0 aliphatic heterocycles. The van der Waals surface area contributed by atoms with Gasteiger partial charge in [-0.25, -0.2) is 4.79 Å². The van der Waals surface area contributed by atoms with Gasteiger partial charge in [-0.05, 0) is 39.0 Å². The van der Waals surface area contributed by atoms with Crippen LogP contribution in [-0.4, -0.2) is 30.7 Å². The summed E-state index contributed by atoms with van der Waals surface area (Å²) >= 11 is 0. The molecular formula is C20H23N7O2. The molecular weight excluding hydrogens is 370 g/mol. The summed E-state index contributed by atoms with van der Waals surface area (Å²) in [6.45, 7) is 5.70. The fraction of sp³-hybridized carbons (Fsp3) is 0.250. The van der Waals surface area contributed by atoms with Crippen molar-refractivity contribution in [3.05, 3.63) is 58.7 Å². The van der Waals surface area contributed by atoms with Crippen LogP contribution in [0.3, 0.4) is 0 Å². The molecule has 0 atom stereocenters. The minimum atomic E-state index is -0.514. The Morgan fingerprint density at radius 1 is 1.17 bits per heavy atom. The van der Waals surface area contributed by atoms with Gasteiger partial charge in [0, 0.05) is 30.1 Å². The number of ether oxygens (including phenoxy) is 1. The summed E-state index contributed by atoms with van der Waals surface area (Å²) in [4.78, 5) is 24.4. The van der Waals surface area contributed by atoms with Gasteiger partial charge in [0.2, 0.25) is 11.9 Å². The van der Waals surface area contributed by atoms with E-state index in [1.54, 1.807) is 10.8 Å². The zero-order valence-corrected chi connectivity index (χ0v) is 16.8. The largest absolute Gasteiger partial charge is 0.454 e. The average Bonchev–Trinajstić information content (AvgIpc) is 2.91. The molecule has 0 unspecified atom stereocenters. The van der Waals surface area contributed by atoms with Crippen LogP contribution < -0.4 is 11.1 Å². The van der Waals surface area contributed by atoms with E-state index in [-0.39, 0.29) is 24.3 Å². The molecule has 0 fully saturated rings. The van der Waals surface area contributed by atoms with Crippen molar-refractivity contribution in [1.29, 1.82) is 0 Å². The van der Waals surface area contributed by atoms with Crippen molar-refractivity contribution in [2.45, 2.75) is 27.4 Å². The quantitative estimate of drug-likeness (QED) is 0.484. The summed E-state index contributed by atoms with van der Waals surface area (Å²) in [6.07, 6.45) is 3.04. The van der Waals surface area contributed by atoms with E-state index < -0.39 is 5.97 Å². The Hall–Kier alpha value is -3.75. The molecule has 9 heteroatoms. The summed E-state index contributed by atoms with van der Waals surface area (Å²) in [6, 6.07) is 7.74. The molecule has 0 saturated heterocycles. The first-order valence-electron chi connectivity index (χ1n) is 9.01. The van der Waals surface area contributed by atoms with Gasteiger partial charge in [-0.3, -0.25) is 4.68 Å². The van der Waals surface area contributed by atoms with Crippen LogP contribution in [0.5, 0.6) is 0 Å². The first kappa shape index (κ1) is 20.0. The maximum atomic E-state index is 12.1. The van der Waals surface area contributed by atoms with Crippen LogP contribution in [0, 0.1) is 20.8 Å². The van der Waals surface area contributed by atoms with Crippen molar-refractivity contribution in [2.24, 2.45) is 7.05 Å². The van der Waals surface area contributed by atoms with E-state index in [4.69, 9.17) is 10.5 Å². The van der Waals surface area contributed by atoms with Gasteiger partial charge in [-0.1, -0.05) is 17.7 Å². The smallest absolute Gasteiger partial charge is 0.331 e. The molecule has 0 radical (unpaired) electrons. The minimum Gasteiger partial charge on any atom is -0.454 e. The molecule has 0 aliphatic rings. The summed E-state index contributed by atoms with van der Waals surface area (Å²) in [7, 11) is 1.85. The second-order valence-corrected chi connectivity index (χ2v) is 6.57. The van der Waals surface area contributed by atoms with Crippen molar-refractivity contribution in [3.63, 3.8) is 0 Å². The Morgan fingerprint density at radius 2 is 1.90 bits per heavy atom. The first-order chi connectivity index (χ1) is 13.8. The van der Waals surface area contributed by atoms with E-state index in [0.29, 0.717) is 0 Å². The third-order valence-electron chi connectivity index (χ3n) is 4.30. The lowest BCUT2D eigenvalue weighted by Gasteiger charge is -2.07. The maximum absolute atomic E-state index is 12.1. The highest BCUT2D eigenvalue weighted by Gasteiger charge is 2.09. The van der Waals surface area contributed by atoms with Gasteiger partial charge in [0.05, 0.1) is 5.69 Å². The number of hydrogen-bond acceptors (Lipinski definition) is 8. The number of nitrogens with zero attached hydrogens (tertiary/aromatic N) is 5. The molecule has 3 rings (SSSR count). The summed E-state index contributed by atoms with van der Waals surface area (Å²) in [5.41, 5.74) is 10.4. The van der Waals surface area contributed by atoms with Crippen LogP contribution in [0.4, 0.5) is 17.6 Å². The van der Waals surface area contributed by atoms with E-state index in [0.717, 1.165) is 28.2 Å². The molecule has 3 aromatic rings. The summed E-state index contributed by atoms with van der Waals surface area (Å²) in [5, 5.41) is 7.36. The van der Waals surface area contributed by atoms with Crippen LogP contribution in [0.2, 0.25) is 0 Å². The first-order valence-corrected chi connectivity index (χ1v) is 9.01. The second kappa shape index (κ2) is 8.51. The van der Waals surface area contributed by atoms with Gasteiger partial charge in [0.15, 0.2) is 12.4 Å². The summed E-state index contributed by atoms with van der Waals surface area (Å²) < 4.78 is 6.98. The molecule has 1 aromatic carbocycles. The zero-order valence-electron chi connectivity index (χ0n) is 16.8. The number of anilines is 3. The fourth-order valence-electron chi connectivity index (χ4n) is 2.69. The monoisotopic (exact) mass is 393 g/mol. The standard InChI is InChI=1S/C20H23N7O2/c1-12-5-7-15(8-6-12)22-20-24-17(23-19(21)25-20)11-29-18(28)10-9-16-13(2)26-27(4)14(16)3/h5-10H,11H2,1-4H3,(H3,21,22,23,24,25)/b10-9+. The predicted octanol–water partition coefficient (Wildman–Crippen LogP) is 2.61. The van der Waals surface area contributed by atoms with Crippen LogP contribution in [0.15, 0.2) is 30.3 Å². The molecule has 2 aromatic heterocycles. The second-order valence-electron chi connectivity index (χ2n) is 6.57. The number of benzene rings is 1. The number of nitrogen functional groups attached to an aromatic ring is 1. The van der Waals surface area contributed by atoms with Crippen LogP contribution in [0.1, 0.15) is 28.3 Å². The molecule has 9 nitrogen and oxygen atoms in total. The number of esters is 1. The number of nitrogens with two attached hydrogens (primary N) is 1. The highest BCUT2D eigenvalue weighted by molar-refractivity contribution is 5.87. The highest BCUT2D eigenvalue weighted by Crippen LogP contribution is 2.15. The molecule has 0 spiro atoms. The Balaban J connectivity index is 1.64. The fourth-order valence-corrected chi connectivity index (χ4v) is 2.69. The lowest BCUT2D eigenvalue weighted by atomic mass is 10.2. The van der Waals surface area contributed by atoms with E-state index in [9.17, 15) is 4.79 Å². The van der Waals surface area contributed by atoms with Crippen molar-refractivity contribution < 1.29 is 9.53 Å². The lowest BCUT2D eigenvalue weighted by molar-refractivity contribution is -0.139. The molecule has 0 aliphatic carbocycles. The summed E-state index contributed by atoms with van der Waals surface area (Å²) in [5.74, 6) is 0.0599. The molecule has 0 amide bonds. The molecule has 150 valence electrons. The van der Waals surface area contributed by atoms with Crippen LogP contribution in [0.25, 0.3) is 6.08 Å². The van der Waals surface area contributed by atoms with E-state index >= 15 is 0 Å². The Morgan fingerprint density at radius 3 is 2.55 bits per heavy atom. The number of carbonyl (C=O) groups is 1. The molecule has 0 saturated carbocycles. The Labute approximate surface area is 168 Å². The topological polar surface area (TPSA) is 121 Å². The number of hydrogen-bond donors (Lipinski definition) is 2. The van der Waals surface area contributed by atoms with Crippen molar-refractivity contribution in [2.75, 3.05) is 11.1 Å².